The van der Waals surface area contributed by atoms with Gasteiger partial charge in [-0.1, -0.05) is 36.7 Å². The van der Waals surface area contributed by atoms with E-state index >= 15 is 0 Å². The summed E-state index contributed by atoms with van der Waals surface area (Å²) in [5.74, 6) is 0.847. The molecule has 1 N–H and O–H groups in total. The van der Waals surface area contributed by atoms with Crippen molar-refractivity contribution in [2.45, 2.75) is 13.0 Å². The normalized spacial score (nSPS) is 12.2. The summed E-state index contributed by atoms with van der Waals surface area (Å²) in [7, 11) is 1.69. The minimum atomic E-state index is 0.0711. The maximum atomic E-state index is 6.16. The fourth-order valence-electron chi connectivity index (χ4n) is 2.23. The average molecular weight is 402 g/mol. The number of rotatable bonds is 5. The highest BCUT2D eigenvalue weighted by atomic mass is 127. The molecule has 0 heterocycles. The molecule has 1 unspecified atom stereocenters. The maximum absolute atomic E-state index is 6.16. The van der Waals surface area contributed by atoms with Crippen LogP contribution in [0, 0.1) is 3.57 Å². The zero-order valence-electron chi connectivity index (χ0n) is 11.5. The standard InChI is InChI=1S/C16H17ClINO/c1-3-19-16(12-6-4-5-7-14(12)18)13-10-11(17)8-9-15(13)20-2/h4-10,16,19H,3H2,1-2H3. The number of hydrogen-bond donors (Lipinski definition) is 1. The molecule has 0 aliphatic rings. The average Bonchev–Trinajstić information content (AvgIpc) is 2.46. The van der Waals surface area contributed by atoms with Gasteiger partial charge in [0, 0.05) is 14.2 Å². The molecule has 0 amide bonds. The van der Waals surface area contributed by atoms with Crippen molar-refractivity contribution in [1.29, 1.82) is 0 Å². The SMILES string of the molecule is CCNC(c1ccccc1I)c1cc(Cl)ccc1OC. The van der Waals surface area contributed by atoms with E-state index in [0.717, 1.165) is 22.9 Å². The third kappa shape index (κ3) is 3.45. The molecule has 0 saturated heterocycles. The smallest absolute Gasteiger partial charge is 0.124 e. The molecule has 106 valence electrons. The lowest BCUT2D eigenvalue weighted by molar-refractivity contribution is 0.404. The number of nitrogens with one attached hydrogen (secondary N) is 1. The molecule has 20 heavy (non-hydrogen) atoms. The highest BCUT2D eigenvalue weighted by molar-refractivity contribution is 14.1. The minimum Gasteiger partial charge on any atom is -0.496 e. The van der Waals surface area contributed by atoms with Gasteiger partial charge in [-0.2, -0.15) is 0 Å². The first-order valence-corrected chi connectivity index (χ1v) is 7.94. The lowest BCUT2D eigenvalue weighted by Crippen LogP contribution is -2.23. The summed E-state index contributed by atoms with van der Waals surface area (Å²) in [6, 6.07) is 14.1. The molecule has 2 aromatic rings. The summed E-state index contributed by atoms with van der Waals surface area (Å²) in [5.41, 5.74) is 2.29. The zero-order valence-corrected chi connectivity index (χ0v) is 14.4. The van der Waals surface area contributed by atoms with Crippen LogP contribution in [-0.2, 0) is 0 Å². The minimum absolute atomic E-state index is 0.0711. The van der Waals surface area contributed by atoms with Gasteiger partial charge in [0.25, 0.3) is 0 Å². The van der Waals surface area contributed by atoms with Gasteiger partial charge >= 0.3 is 0 Å². The second-order valence-electron chi connectivity index (χ2n) is 4.40. The van der Waals surface area contributed by atoms with Crippen LogP contribution in [0.15, 0.2) is 42.5 Å². The fraction of sp³-hybridized carbons (Fsp3) is 0.250. The molecule has 2 aromatic carbocycles. The van der Waals surface area contributed by atoms with Crippen LogP contribution in [0.1, 0.15) is 24.1 Å². The summed E-state index contributed by atoms with van der Waals surface area (Å²) < 4.78 is 6.71. The van der Waals surface area contributed by atoms with Gasteiger partial charge in [-0.3, -0.25) is 0 Å². The van der Waals surface area contributed by atoms with Gasteiger partial charge < -0.3 is 10.1 Å². The first kappa shape index (κ1) is 15.6. The summed E-state index contributed by atoms with van der Waals surface area (Å²) in [4.78, 5) is 0. The molecule has 0 spiro atoms. The molecular formula is C16H17ClINO. The summed E-state index contributed by atoms with van der Waals surface area (Å²) in [5, 5.41) is 4.23. The van der Waals surface area contributed by atoms with Crippen LogP contribution in [0.5, 0.6) is 5.75 Å². The van der Waals surface area contributed by atoms with E-state index in [1.807, 2.05) is 24.3 Å². The van der Waals surface area contributed by atoms with Gasteiger partial charge in [-0.15, -0.1) is 0 Å². The molecule has 4 heteroatoms. The van der Waals surface area contributed by atoms with E-state index in [-0.39, 0.29) is 6.04 Å². The Hall–Kier alpha value is -0.780. The van der Waals surface area contributed by atoms with Crippen molar-refractivity contribution in [3.63, 3.8) is 0 Å². The Balaban J connectivity index is 2.54. The van der Waals surface area contributed by atoms with E-state index in [2.05, 4.69) is 53.0 Å². The number of halogens is 2. The van der Waals surface area contributed by atoms with E-state index in [4.69, 9.17) is 16.3 Å². The highest BCUT2D eigenvalue weighted by Crippen LogP contribution is 2.34. The van der Waals surface area contributed by atoms with Crippen molar-refractivity contribution in [1.82, 2.24) is 5.32 Å². The molecule has 0 aromatic heterocycles. The number of methoxy groups -OCH3 is 1. The topological polar surface area (TPSA) is 21.3 Å². The van der Waals surface area contributed by atoms with E-state index in [1.54, 1.807) is 7.11 Å². The Labute approximate surface area is 138 Å². The van der Waals surface area contributed by atoms with Crippen molar-refractivity contribution >= 4 is 34.2 Å². The molecule has 0 bridgehead atoms. The zero-order chi connectivity index (χ0) is 14.5. The van der Waals surface area contributed by atoms with Gasteiger partial charge in [0.05, 0.1) is 13.2 Å². The van der Waals surface area contributed by atoms with Crippen molar-refractivity contribution in [3.05, 3.63) is 62.2 Å². The van der Waals surface area contributed by atoms with Gasteiger partial charge in [0.2, 0.25) is 0 Å². The monoisotopic (exact) mass is 401 g/mol. The van der Waals surface area contributed by atoms with Crippen LogP contribution >= 0.6 is 34.2 Å². The molecule has 0 aliphatic heterocycles. The molecular weight excluding hydrogens is 385 g/mol. The van der Waals surface area contributed by atoms with Crippen molar-refractivity contribution in [2.75, 3.05) is 13.7 Å². The third-order valence-corrected chi connectivity index (χ3v) is 4.34. The first-order chi connectivity index (χ1) is 9.67. The molecule has 2 nitrogen and oxygen atoms in total. The quantitative estimate of drug-likeness (QED) is 0.736. The van der Waals surface area contributed by atoms with Crippen molar-refractivity contribution in [3.8, 4) is 5.75 Å². The molecule has 2 rings (SSSR count). The highest BCUT2D eigenvalue weighted by Gasteiger charge is 2.19. The second-order valence-corrected chi connectivity index (χ2v) is 6.00. The Morgan fingerprint density at radius 2 is 1.95 bits per heavy atom. The van der Waals surface area contributed by atoms with Crippen molar-refractivity contribution < 1.29 is 4.74 Å². The van der Waals surface area contributed by atoms with Crippen molar-refractivity contribution in [2.24, 2.45) is 0 Å². The second kappa shape index (κ2) is 7.29. The Morgan fingerprint density at radius 1 is 1.20 bits per heavy atom. The number of hydrogen-bond acceptors (Lipinski definition) is 2. The van der Waals surface area contributed by atoms with E-state index in [0.29, 0.717) is 0 Å². The predicted octanol–water partition coefficient (Wildman–Crippen LogP) is 4.65. The van der Waals surface area contributed by atoms with E-state index in [1.165, 1.54) is 9.13 Å². The molecule has 0 fully saturated rings. The van der Waals surface area contributed by atoms with Crippen LogP contribution in [0.3, 0.4) is 0 Å². The van der Waals surface area contributed by atoms with Crippen LogP contribution in [0.25, 0.3) is 0 Å². The van der Waals surface area contributed by atoms with Gasteiger partial charge in [-0.25, -0.2) is 0 Å². The molecule has 1 atom stereocenters. The lowest BCUT2D eigenvalue weighted by atomic mass is 9.97. The third-order valence-electron chi connectivity index (χ3n) is 3.13. The van der Waals surface area contributed by atoms with Gasteiger partial charge in [0.1, 0.15) is 5.75 Å². The largest absolute Gasteiger partial charge is 0.496 e. The Morgan fingerprint density at radius 3 is 2.60 bits per heavy atom. The van der Waals surface area contributed by atoms with Crippen LogP contribution in [0.2, 0.25) is 5.02 Å². The number of ether oxygens (including phenoxy) is 1. The maximum Gasteiger partial charge on any atom is 0.124 e. The van der Waals surface area contributed by atoms with E-state index in [9.17, 15) is 0 Å². The fourth-order valence-corrected chi connectivity index (χ4v) is 3.11. The predicted molar refractivity (Wildman–Crippen MR) is 92.7 cm³/mol. The van der Waals surface area contributed by atoms with Crippen LogP contribution in [-0.4, -0.2) is 13.7 Å². The summed E-state index contributed by atoms with van der Waals surface area (Å²) >= 11 is 8.52. The van der Waals surface area contributed by atoms with Crippen LogP contribution in [0.4, 0.5) is 0 Å². The summed E-state index contributed by atoms with van der Waals surface area (Å²) in [6.45, 7) is 2.96. The Kier molecular flexibility index (Phi) is 5.69. The number of benzene rings is 2. The molecule has 0 radical (unpaired) electrons. The van der Waals surface area contributed by atoms with Gasteiger partial charge in [-0.05, 0) is 59.0 Å². The molecule has 0 saturated carbocycles. The first-order valence-electron chi connectivity index (χ1n) is 6.48. The Bertz CT molecular complexity index is 588. The van der Waals surface area contributed by atoms with Gasteiger partial charge in [0.15, 0.2) is 0 Å². The molecule has 0 aliphatic carbocycles. The summed E-state index contributed by atoms with van der Waals surface area (Å²) in [6.07, 6.45) is 0. The van der Waals surface area contributed by atoms with E-state index < -0.39 is 0 Å². The van der Waals surface area contributed by atoms with Crippen LogP contribution < -0.4 is 10.1 Å². The lowest BCUT2D eigenvalue weighted by Gasteiger charge is -2.22.